The Morgan fingerprint density at radius 3 is 1.30 bits per heavy atom. The third-order valence-corrected chi connectivity index (χ3v) is 1.70. The molecule has 0 saturated carbocycles. The highest BCUT2D eigenvalue weighted by Gasteiger charge is 2.57. The van der Waals surface area contributed by atoms with Crippen molar-refractivity contribution in [3.63, 3.8) is 0 Å². The van der Waals surface area contributed by atoms with Gasteiger partial charge in [-0.15, -0.1) is 0 Å². The van der Waals surface area contributed by atoms with Crippen LogP contribution in [0.25, 0.3) is 0 Å². The highest BCUT2D eigenvalue weighted by atomic mass is 35.5. The molecule has 0 aromatic carbocycles. The summed E-state index contributed by atoms with van der Waals surface area (Å²) in [4.78, 5) is -2.27. The predicted molar refractivity (Wildman–Crippen MR) is 36.0 cm³/mol. The second-order valence-corrected chi connectivity index (χ2v) is 3.75. The zero-order chi connectivity index (χ0) is 8.58. The Hall–Kier alpha value is 0.950. The van der Waals surface area contributed by atoms with Crippen LogP contribution < -0.4 is 0 Å². The van der Waals surface area contributed by atoms with Gasteiger partial charge in [0.05, 0.1) is 0 Å². The summed E-state index contributed by atoms with van der Waals surface area (Å²) in [6.07, 6.45) is 0. The number of hydrogen-bond acceptors (Lipinski definition) is 0. The zero-order valence-electron chi connectivity index (χ0n) is 4.22. The third-order valence-electron chi connectivity index (χ3n) is 0.652. The van der Waals surface area contributed by atoms with Gasteiger partial charge >= 0.3 is 10.5 Å². The van der Waals surface area contributed by atoms with Crippen molar-refractivity contribution in [2.75, 3.05) is 0 Å². The van der Waals surface area contributed by atoms with Crippen molar-refractivity contribution in [2.24, 2.45) is 0 Å². The van der Waals surface area contributed by atoms with E-state index in [4.69, 9.17) is 0 Å². The number of halogens is 7. The van der Waals surface area contributed by atoms with E-state index in [0.717, 1.165) is 0 Å². The van der Waals surface area contributed by atoms with Gasteiger partial charge in [-0.3, -0.25) is 0 Å². The summed E-state index contributed by atoms with van der Waals surface area (Å²) in [7, 11) is 0. The van der Waals surface area contributed by atoms with Crippen LogP contribution in [-0.2, 0) is 0 Å². The van der Waals surface area contributed by atoms with Gasteiger partial charge in [0.2, 0.25) is 0 Å². The molecular formula is C3HCl4F3. The Labute approximate surface area is 75.2 Å². The minimum absolute atomic E-state index is 2.27. The molecule has 0 aliphatic heterocycles. The predicted octanol–water partition coefficient (Wildman–Crippen LogP) is 3.53. The van der Waals surface area contributed by atoms with Gasteiger partial charge in [0.1, 0.15) is 0 Å². The normalized spacial score (nSPS) is 14.4. The molecule has 0 radical (unpaired) electrons. The smallest absolute Gasteiger partial charge is 0.201 e. The molecule has 0 bridgehead atoms. The fourth-order valence-corrected chi connectivity index (χ4v) is 0.866. The molecule has 0 N–H and O–H groups in total. The van der Waals surface area contributed by atoms with E-state index in [2.05, 4.69) is 46.4 Å². The lowest BCUT2D eigenvalue weighted by molar-refractivity contribution is -0.0456. The molecule has 10 heavy (non-hydrogen) atoms. The van der Waals surface area contributed by atoms with Crippen molar-refractivity contribution >= 4 is 46.4 Å². The highest BCUT2D eigenvalue weighted by Crippen LogP contribution is 2.45. The van der Waals surface area contributed by atoms with E-state index in [1.54, 1.807) is 0 Å². The number of hydrogen-bond donors (Lipinski definition) is 0. The van der Waals surface area contributed by atoms with Crippen molar-refractivity contribution in [3.8, 4) is 0 Å². The van der Waals surface area contributed by atoms with Crippen molar-refractivity contribution in [2.45, 2.75) is 15.3 Å². The molecule has 0 saturated heterocycles. The van der Waals surface area contributed by atoms with Gasteiger partial charge in [0, 0.05) is 0 Å². The molecule has 0 aromatic heterocycles. The first-order valence-corrected chi connectivity index (χ1v) is 3.55. The molecule has 0 aliphatic rings. The molecule has 0 aromatic rings. The summed E-state index contributed by atoms with van der Waals surface area (Å²) < 4.78 is 32.6. The molecule has 0 heterocycles. The standard InChI is InChI=1S/C3HCl4F3/c4-1(5)2(8,9)3(6,7)10/h1H. The maximum absolute atomic E-state index is 12.2. The first-order valence-electron chi connectivity index (χ1n) is 1.92. The maximum Gasteiger partial charge on any atom is 0.338 e. The van der Waals surface area contributed by atoms with Gasteiger partial charge in [-0.2, -0.15) is 8.78 Å². The Morgan fingerprint density at radius 2 is 1.30 bits per heavy atom. The van der Waals surface area contributed by atoms with Crippen molar-refractivity contribution in [1.29, 1.82) is 0 Å². The molecule has 0 atom stereocenters. The van der Waals surface area contributed by atoms with Gasteiger partial charge in [0.15, 0.2) is 4.84 Å². The van der Waals surface area contributed by atoms with Crippen molar-refractivity contribution in [3.05, 3.63) is 0 Å². The van der Waals surface area contributed by atoms with Crippen LogP contribution in [-0.4, -0.2) is 15.3 Å². The molecule has 0 spiro atoms. The molecule has 62 valence electrons. The maximum atomic E-state index is 12.2. The monoisotopic (exact) mass is 234 g/mol. The van der Waals surface area contributed by atoms with Gasteiger partial charge in [-0.25, -0.2) is 4.39 Å². The van der Waals surface area contributed by atoms with E-state index >= 15 is 0 Å². The summed E-state index contributed by atoms with van der Waals surface area (Å²) in [5.41, 5.74) is 0. The Kier molecular flexibility index (Phi) is 3.43. The van der Waals surface area contributed by atoms with Crippen molar-refractivity contribution < 1.29 is 13.2 Å². The molecule has 7 heteroatoms. The van der Waals surface area contributed by atoms with E-state index < -0.39 is 15.3 Å². The molecule has 0 fully saturated rings. The lowest BCUT2D eigenvalue weighted by atomic mass is 10.4. The van der Waals surface area contributed by atoms with E-state index in [0.29, 0.717) is 0 Å². The summed E-state index contributed by atoms with van der Waals surface area (Å²) in [5, 5.41) is 0. The summed E-state index contributed by atoms with van der Waals surface area (Å²) >= 11 is 18.1. The summed E-state index contributed by atoms with van der Waals surface area (Å²) in [6.45, 7) is 0. The van der Waals surface area contributed by atoms with Crippen LogP contribution in [0.15, 0.2) is 0 Å². The number of rotatable bonds is 2. The average Bonchev–Trinajstić information content (AvgIpc) is 1.62. The minimum atomic E-state index is -4.17. The summed E-state index contributed by atoms with van der Waals surface area (Å²) in [6, 6.07) is 0. The zero-order valence-corrected chi connectivity index (χ0v) is 7.25. The highest BCUT2D eigenvalue weighted by molar-refractivity contribution is 6.51. The lowest BCUT2D eigenvalue weighted by Crippen LogP contribution is -2.40. The van der Waals surface area contributed by atoms with Crippen LogP contribution in [0.5, 0.6) is 0 Å². The first kappa shape index (κ1) is 11.0. The molecule has 0 unspecified atom stereocenters. The largest absolute Gasteiger partial charge is 0.338 e. The summed E-state index contributed by atoms with van der Waals surface area (Å²) in [5.74, 6) is -4.17. The fourth-order valence-electron chi connectivity index (χ4n) is 0.124. The van der Waals surface area contributed by atoms with Crippen LogP contribution in [0, 0.1) is 0 Å². The SMILES string of the molecule is FC(Cl)(Cl)C(F)(F)C(Cl)Cl. The minimum Gasteiger partial charge on any atom is -0.201 e. The first-order chi connectivity index (χ1) is 4.19. The quantitative estimate of drug-likeness (QED) is 0.643. The van der Waals surface area contributed by atoms with Crippen LogP contribution in [0.1, 0.15) is 0 Å². The number of alkyl halides is 7. The van der Waals surface area contributed by atoms with Gasteiger partial charge in [-0.05, 0) is 0 Å². The van der Waals surface area contributed by atoms with Crippen LogP contribution in [0.4, 0.5) is 13.2 Å². The van der Waals surface area contributed by atoms with Gasteiger partial charge < -0.3 is 0 Å². The van der Waals surface area contributed by atoms with E-state index in [-0.39, 0.29) is 0 Å². The van der Waals surface area contributed by atoms with Crippen molar-refractivity contribution in [1.82, 2.24) is 0 Å². The lowest BCUT2D eigenvalue weighted by Gasteiger charge is -2.22. The molecule has 0 amide bonds. The third kappa shape index (κ3) is 2.22. The second-order valence-electron chi connectivity index (χ2n) is 1.42. The second kappa shape index (κ2) is 3.13. The molecule has 0 rings (SSSR count). The van der Waals surface area contributed by atoms with Crippen LogP contribution >= 0.6 is 46.4 Å². The Balaban J connectivity index is 4.40. The average molecular weight is 236 g/mol. The van der Waals surface area contributed by atoms with Crippen LogP contribution in [0.2, 0.25) is 0 Å². The molecule has 0 nitrogen and oxygen atoms in total. The Morgan fingerprint density at radius 1 is 1.00 bits per heavy atom. The van der Waals surface area contributed by atoms with Gasteiger partial charge in [-0.1, -0.05) is 46.4 Å². The molecule has 0 aliphatic carbocycles. The van der Waals surface area contributed by atoms with E-state index in [9.17, 15) is 13.2 Å². The topological polar surface area (TPSA) is 0 Å². The van der Waals surface area contributed by atoms with E-state index in [1.807, 2.05) is 0 Å². The van der Waals surface area contributed by atoms with Gasteiger partial charge in [0.25, 0.3) is 0 Å². The van der Waals surface area contributed by atoms with E-state index in [1.165, 1.54) is 0 Å². The Bertz CT molecular complexity index is 117. The fraction of sp³-hybridized carbons (Fsp3) is 1.00. The van der Waals surface area contributed by atoms with Crippen LogP contribution in [0.3, 0.4) is 0 Å². The molecular weight excluding hydrogens is 235 g/mol.